The van der Waals surface area contributed by atoms with Gasteiger partial charge in [-0.05, 0) is 61.2 Å². The molecule has 1 N–H and O–H groups in total. The first-order valence-electron chi connectivity index (χ1n) is 14.4. The van der Waals surface area contributed by atoms with Crippen LogP contribution in [0.15, 0.2) is 53.4 Å². The minimum atomic E-state index is -3.65. The molecular weight excluding hydrogens is 589 g/mol. The maximum absolute atomic E-state index is 13.5. The fraction of sp³-hybridized carbons (Fsp3) is 0.387. The number of rotatable bonds is 11. The molecule has 0 aliphatic carbocycles. The van der Waals surface area contributed by atoms with Gasteiger partial charge in [0.2, 0.25) is 15.9 Å². The van der Waals surface area contributed by atoms with Crippen molar-refractivity contribution in [3.05, 3.63) is 64.5 Å². The van der Waals surface area contributed by atoms with E-state index < -0.39 is 10.0 Å². The molecular formula is C31H36N4O4S3. The van der Waals surface area contributed by atoms with Crippen LogP contribution in [0.3, 0.4) is 0 Å². The summed E-state index contributed by atoms with van der Waals surface area (Å²) in [5.74, 6) is -0.295. The first kappa shape index (κ1) is 30.3. The highest BCUT2D eigenvalue weighted by Gasteiger charge is 2.29. The number of nitrogens with one attached hydrogen (secondary N) is 1. The number of para-hydroxylation sites is 1. The number of thiazole rings is 1. The Morgan fingerprint density at radius 3 is 2.33 bits per heavy atom. The van der Waals surface area contributed by atoms with Crippen LogP contribution in [0.2, 0.25) is 0 Å². The van der Waals surface area contributed by atoms with E-state index in [1.54, 1.807) is 34.7 Å². The Kier molecular flexibility index (Phi) is 9.41. The summed E-state index contributed by atoms with van der Waals surface area (Å²) in [5.41, 5.74) is 3.30. The lowest BCUT2D eigenvalue weighted by atomic mass is 10.0. The molecule has 8 nitrogen and oxygen atoms in total. The summed E-state index contributed by atoms with van der Waals surface area (Å²) >= 11 is 3.06. The molecule has 1 aliphatic heterocycles. The average molecular weight is 625 g/mol. The first-order valence-corrected chi connectivity index (χ1v) is 17.5. The van der Waals surface area contributed by atoms with Crippen LogP contribution in [-0.4, -0.2) is 54.1 Å². The maximum Gasteiger partial charge on any atom is 0.256 e. The summed E-state index contributed by atoms with van der Waals surface area (Å²) in [4.78, 5) is 33.5. The van der Waals surface area contributed by atoms with E-state index in [0.29, 0.717) is 43.2 Å². The summed E-state index contributed by atoms with van der Waals surface area (Å²) in [6, 6.07) is 14.1. The number of thiophene rings is 1. The molecule has 2 aromatic carbocycles. The number of hydrogen-bond donors (Lipinski definition) is 1. The van der Waals surface area contributed by atoms with Crippen LogP contribution in [0.5, 0.6) is 0 Å². The highest BCUT2D eigenvalue weighted by atomic mass is 32.2. The predicted octanol–water partition coefficient (Wildman–Crippen LogP) is 6.77. The van der Waals surface area contributed by atoms with Gasteiger partial charge in [0.15, 0.2) is 0 Å². The smallest absolute Gasteiger partial charge is 0.256 e. The van der Waals surface area contributed by atoms with E-state index in [-0.39, 0.29) is 16.7 Å². The topological polar surface area (TPSA) is 99.7 Å². The maximum atomic E-state index is 13.5. The van der Waals surface area contributed by atoms with Gasteiger partial charge in [0.25, 0.3) is 5.91 Å². The van der Waals surface area contributed by atoms with Gasteiger partial charge in [-0.3, -0.25) is 9.59 Å². The average Bonchev–Trinajstić information content (AvgIpc) is 3.57. The largest absolute Gasteiger partial charge is 0.337 e. The van der Waals surface area contributed by atoms with Crippen LogP contribution in [0.1, 0.15) is 67.3 Å². The van der Waals surface area contributed by atoms with Crippen LogP contribution in [0.25, 0.3) is 20.8 Å². The first-order chi connectivity index (χ1) is 20.2. The summed E-state index contributed by atoms with van der Waals surface area (Å²) < 4.78 is 29.4. The Hall–Kier alpha value is -3.12. The van der Waals surface area contributed by atoms with Gasteiger partial charge in [-0.2, -0.15) is 4.31 Å². The Balaban J connectivity index is 1.43. The monoisotopic (exact) mass is 624 g/mol. The van der Waals surface area contributed by atoms with Crippen LogP contribution in [0.4, 0.5) is 5.00 Å². The molecule has 0 fully saturated rings. The summed E-state index contributed by atoms with van der Waals surface area (Å²) in [6.07, 6.45) is 4.11. The van der Waals surface area contributed by atoms with Crippen molar-refractivity contribution < 1.29 is 18.0 Å². The molecule has 2 amide bonds. The normalized spacial score (nSPS) is 13.5. The van der Waals surface area contributed by atoms with Gasteiger partial charge >= 0.3 is 0 Å². The van der Waals surface area contributed by atoms with Gasteiger partial charge in [0, 0.05) is 42.6 Å². The Morgan fingerprint density at radius 1 is 1.00 bits per heavy atom. The van der Waals surface area contributed by atoms with Crippen LogP contribution >= 0.6 is 22.7 Å². The van der Waals surface area contributed by atoms with Crippen molar-refractivity contribution in [2.24, 2.45) is 0 Å². The van der Waals surface area contributed by atoms with Gasteiger partial charge in [-0.1, -0.05) is 38.8 Å². The van der Waals surface area contributed by atoms with Crippen molar-refractivity contribution in [2.45, 2.75) is 64.3 Å². The van der Waals surface area contributed by atoms with E-state index >= 15 is 0 Å². The molecule has 42 heavy (non-hydrogen) atoms. The SMILES string of the molecule is CCCCN(CCCC)S(=O)(=O)c1ccc(C(=O)Nc2sc3c(c2-c2nc4ccccc4s2)CCN(C(C)=O)C3)cc1. The van der Waals surface area contributed by atoms with Crippen molar-refractivity contribution in [3.63, 3.8) is 0 Å². The molecule has 0 unspecified atom stereocenters. The second-order valence-corrected chi connectivity index (χ2v) is 14.5. The molecule has 2 aromatic heterocycles. The van der Waals surface area contributed by atoms with Gasteiger partial charge in [0.1, 0.15) is 10.0 Å². The minimum absolute atomic E-state index is 0.0270. The quantitative estimate of drug-likeness (QED) is 0.199. The lowest BCUT2D eigenvalue weighted by molar-refractivity contribution is -0.129. The zero-order valence-corrected chi connectivity index (χ0v) is 26.6. The van der Waals surface area contributed by atoms with E-state index in [1.807, 2.05) is 43.0 Å². The number of carbonyl (C=O) groups excluding carboxylic acids is 2. The number of amides is 2. The number of carbonyl (C=O) groups is 2. The molecule has 5 rings (SSSR count). The van der Waals surface area contributed by atoms with E-state index in [9.17, 15) is 18.0 Å². The number of nitrogens with zero attached hydrogens (tertiary/aromatic N) is 3. The lowest BCUT2D eigenvalue weighted by Crippen LogP contribution is -2.33. The predicted molar refractivity (Wildman–Crippen MR) is 171 cm³/mol. The number of anilines is 1. The second-order valence-electron chi connectivity index (χ2n) is 10.5. The third-order valence-corrected chi connectivity index (χ3v) is 11.6. The highest BCUT2D eigenvalue weighted by Crippen LogP contribution is 2.45. The number of unbranched alkanes of at least 4 members (excludes halogenated alkanes) is 2. The van der Waals surface area contributed by atoms with Gasteiger partial charge in [0.05, 0.1) is 21.7 Å². The molecule has 0 spiro atoms. The van der Waals surface area contributed by atoms with Crippen molar-refractivity contribution in [1.82, 2.24) is 14.2 Å². The summed E-state index contributed by atoms with van der Waals surface area (Å²) in [7, 11) is -3.65. The number of benzene rings is 2. The molecule has 11 heteroatoms. The number of hydrogen-bond acceptors (Lipinski definition) is 7. The molecule has 0 saturated carbocycles. The molecule has 3 heterocycles. The van der Waals surface area contributed by atoms with E-state index in [0.717, 1.165) is 56.9 Å². The highest BCUT2D eigenvalue weighted by molar-refractivity contribution is 7.89. The Bertz CT molecular complexity index is 1650. The number of aromatic nitrogens is 1. The molecule has 0 saturated heterocycles. The second kappa shape index (κ2) is 13.0. The number of fused-ring (bicyclic) bond motifs is 2. The molecule has 0 bridgehead atoms. The Labute approximate surface area is 255 Å². The van der Waals surface area contributed by atoms with Crippen molar-refractivity contribution in [2.75, 3.05) is 25.0 Å². The lowest BCUT2D eigenvalue weighted by Gasteiger charge is -2.26. The third kappa shape index (κ3) is 6.29. The third-order valence-electron chi connectivity index (χ3n) is 7.51. The molecule has 222 valence electrons. The zero-order valence-electron chi connectivity index (χ0n) is 24.2. The molecule has 0 radical (unpaired) electrons. The standard InChI is InChI=1S/C31H36N4O4S3/c1-4-6-17-35(18-7-5-2)42(38,39)23-14-12-22(13-15-23)29(37)33-31-28(30-32-25-10-8-9-11-26(25)40-30)24-16-19-34(21(3)36)20-27(24)41-31/h8-15H,4-7,16-20H2,1-3H3,(H,33,37). The fourth-order valence-corrected chi connectivity index (χ4v) is 8.98. The van der Waals surface area contributed by atoms with Crippen LogP contribution < -0.4 is 5.32 Å². The van der Waals surface area contributed by atoms with Crippen molar-refractivity contribution >= 4 is 59.7 Å². The van der Waals surface area contributed by atoms with Crippen LogP contribution in [-0.2, 0) is 27.8 Å². The van der Waals surface area contributed by atoms with Crippen molar-refractivity contribution in [3.8, 4) is 10.6 Å². The zero-order chi connectivity index (χ0) is 29.9. The summed E-state index contributed by atoms with van der Waals surface area (Å²) in [6.45, 7) is 7.76. The van der Waals surface area contributed by atoms with Crippen molar-refractivity contribution in [1.29, 1.82) is 0 Å². The van der Waals surface area contributed by atoms with E-state index in [1.165, 1.54) is 23.5 Å². The molecule has 4 aromatic rings. The van der Waals surface area contributed by atoms with Gasteiger partial charge in [-0.15, -0.1) is 22.7 Å². The summed E-state index contributed by atoms with van der Waals surface area (Å²) in [5, 5.41) is 4.62. The Morgan fingerprint density at radius 2 is 1.69 bits per heavy atom. The minimum Gasteiger partial charge on any atom is -0.337 e. The van der Waals surface area contributed by atoms with E-state index in [4.69, 9.17) is 4.98 Å². The number of sulfonamides is 1. The van der Waals surface area contributed by atoms with Gasteiger partial charge in [-0.25, -0.2) is 13.4 Å². The van der Waals surface area contributed by atoms with E-state index in [2.05, 4.69) is 5.32 Å². The fourth-order valence-electron chi connectivity index (χ4n) is 5.09. The van der Waals surface area contributed by atoms with Crippen LogP contribution in [0, 0.1) is 0 Å². The molecule has 1 aliphatic rings. The molecule has 0 atom stereocenters. The van der Waals surface area contributed by atoms with Gasteiger partial charge < -0.3 is 10.2 Å².